The zero-order valence-electron chi connectivity index (χ0n) is 12.4. The summed E-state index contributed by atoms with van der Waals surface area (Å²) in [4.78, 5) is 16.5. The standard InChI is InChI=1S/C17H24N2O/c1-14(20)15-5-6-17-16(13-15)7-12-19(17)11-4-10-18-8-2-3-9-18/h5-6,13H,2-4,7-12H2,1H3. The highest BCUT2D eigenvalue weighted by atomic mass is 16.1. The molecule has 2 aliphatic rings. The van der Waals surface area contributed by atoms with Gasteiger partial charge in [0, 0.05) is 24.3 Å². The van der Waals surface area contributed by atoms with Gasteiger partial charge in [0.2, 0.25) is 0 Å². The maximum absolute atomic E-state index is 11.4. The Morgan fingerprint density at radius 2 is 1.95 bits per heavy atom. The smallest absolute Gasteiger partial charge is 0.159 e. The Kier molecular flexibility index (Phi) is 4.06. The van der Waals surface area contributed by atoms with Crippen LogP contribution in [0.25, 0.3) is 0 Å². The second-order valence-corrected chi connectivity index (χ2v) is 6.04. The average Bonchev–Trinajstić information content (AvgIpc) is 3.08. The number of fused-ring (bicyclic) bond motifs is 1. The van der Waals surface area contributed by atoms with Gasteiger partial charge < -0.3 is 9.80 Å². The number of benzene rings is 1. The fourth-order valence-corrected chi connectivity index (χ4v) is 3.41. The first-order chi connectivity index (χ1) is 9.74. The van der Waals surface area contributed by atoms with Gasteiger partial charge in [0.05, 0.1) is 0 Å². The van der Waals surface area contributed by atoms with E-state index in [1.54, 1.807) is 6.92 Å². The first-order valence-corrected chi connectivity index (χ1v) is 7.85. The number of ketones is 1. The van der Waals surface area contributed by atoms with Gasteiger partial charge in [0.1, 0.15) is 0 Å². The van der Waals surface area contributed by atoms with Crippen LogP contribution in [0.15, 0.2) is 18.2 Å². The predicted octanol–water partition coefficient (Wildman–Crippen LogP) is 2.74. The SMILES string of the molecule is CC(=O)c1ccc2c(c1)CCN2CCCN1CCCC1. The molecule has 3 nitrogen and oxygen atoms in total. The summed E-state index contributed by atoms with van der Waals surface area (Å²) in [6.07, 6.45) is 5.08. The molecule has 108 valence electrons. The number of Topliss-reactive ketones (excluding diaryl/α,β-unsaturated/α-hetero) is 1. The van der Waals surface area contributed by atoms with E-state index >= 15 is 0 Å². The number of nitrogens with zero attached hydrogens (tertiary/aromatic N) is 2. The van der Waals surface area contributed by atoms with Gasteiger partial charge in [0.15, 0.2) is 5.78 Å². The number of hydrogen-bond donors (Lipinski definition) is 0. The third kappa shape index (κ3) is 2.88. The van der Waals surface area contributed by atoms with Crippen LogP contribution < -0.4 is 4.90 Å². The average molecular weight is 272 g/mol. The summed E-state index contributed by atoms with van der Waals surface area (Å²) in [6.45, 7) is 7.71. The topological polar surface area (TPSA) is 23.6 Å². The van der Waals surface area contributed by atoms with Crippen molar-refractivity contribution >= 4 is 11.5 Å². The highest BCUT2D eigenvalue weighted by Crippen LogP contribution is 2.29. The summed E-state index contributed by atoms with van der Waals surface area (Å²) in [5.41, 5.74) is 3.54. The van der Waals surface area contributed by atoms with E-state index in [4.69, 9.17) is 0 Å². The van der Waals surface area contributed by atoms with Gasteiger partial charge in [0.25, 0.3) is 0 Å². The summed E-state index contributed by atoms with van der Waals surface area (Å²) >= 11 is 0. The monoisotopic (exact) mass is 272 g/mol. The van der Waals surface area contributed by atoms with E-state index in [2.05, 4.69) is 21.9 Å². The normalized spacial score (nSPS) is 18.6. The van der Waals surface area contributed by atoms with E-state index in [0.29, 0.717) is 0 Å². The molecule has 0 saturated carbocycles. The number of rotatable bonds is 5. The Morgan fingerprint density at radius 1 is 1.15 bits per heavy atom. The fraction of sp³-hybridized carbons (Fsp3) is 0.588. The van der Waals surface area contributed by atoms with Crippen molar-refractivity contribution in [1.29, 1.82) is 0 Å². The van der Waals surface area contributed by atoms with E-state index in [1.807, 2.05) is 6.07 Å². The molecule has 1 aromatic carbocycles. The van der Waals surface area contributed by atoms with Crippen LogP contribution in [0.3, 0.4) is 0 Å². The molecule has 1 aromatic rings. The summed E-state index contributed by atoms with van der Waals surface area (Å²) in [5.74, 6) is 0.167. The van der Waals surface area contributed by atoms with Gasteiger partial charge in [-0.25, -0.2) is 0 Å². The Labute approximate surface area is 121 Å². The van der Waals surface area contributed by atoms with Crippen molar-refractivity contribution in [2.24, 2.45) is 0 Å². The predicted molar refractivity (Wildman–Crippen MR) is 82.7 cm³/mol. The van der Waals surface area contributed by atoms with Gasteiger partial charge in [-0.15, -0.1) is 0 Å². The second-order valence-electron chi connectivity index (χ2n) is 6.04. The molecule has 3 heteroatoms. The van der Waals surface area contributed by atoms with Crippen LogP contribution in [-0.4, -0.2) is 43.4 Å². The summed E-state index contributed by atoms with van der Waals surface area (Å²) in [6, 6.07) is 6.19. The van der Waals surface area contributed by atoms with Crippen LogP contribution >= 0.6 is 0 Å². The van der Waals surface area contributed by atoms with E-state index < -0.39 is 0 Å². The van der Waals surface area contributed by atoms with Gasteiger partial charge in [-0.05, 0) is 76.0 Å². The molecular formula is C17H24N2O. The molecule has 0 radical (unpaired) electrons. The Morgan fingerprint density at radius 3 is 2.70 bits per heavy atom. The Balaban J connectivity index is 1.57. The third-order valence-corrected chi connectivity index (χ3v) is 4.58. The number of likely N-dealkylation sites (tertiary alicyclic amines) is 1. The van der Waals surface area contributed by atoms with Crippen LogP contribution in [0.4, 0.5) is 5.69 Å². The first-order valence-electron chi connectivity index (χ1n) is 7.85. The minimum Gasteiger partial charge on any atom is -0.371 e. The highest BCUT2D eigenvalue weighted by Gasteiger charge is 2.20. The lowest BCUT2D eigenvalue weighted by molar-refractivity contribution is 0.101. The van der Waals surface area contributed by atoms with E-state index in [1.165, 1.54) is 50.1 Å². The molecule has 2 heterocycles. The fourth-order valence-electron chi connectivity index (χ4n) is 3.41. The van der Waals surface area contributed by atoms with Gasteiger partial charge in [-0.1, -0.05) is 0 Å². The number of anilines is 1. The van der Waals surface area contributed by atoms with Gasteiger partial charge in [-0.3, -0.25) is 4.79 Å². The lowest BCUT2D eigenvalue weighted by Crippen LogP contribution is -2.27. The molecule has 1 saturated heterocycles. The minimum absolute atomic E-state index is 0.167. The maximum Gasteiger partial charge on any atom is 0.159 e. The van der Waals surface area contributed by atoms with Crippen molar-refractivity contribution in [3.63, 3.8) is 0 Å². The van der Waals surface area contributed by atoms with Crippen molar-refractivity contribution in [2.75, 3.05) is 37.6 Å². The molecule has 0 aliphatic carbocycles. The lowest BCUT2D eigenvalue weighted by atomic mass is 10.1. The number of hydrogen-bond acceptors (Lipinski definition) is 3. The van der Waals surface area contributed by atoms with E-state index in [9.17, 15) is 4.79 Å². The van der Waals surface area contributed by atoms with Crippen molar-refractivity contribution < 1.29 is 4.79 Å². The minimum atomic E-state index is 0.167. The lowest BCUT2D eigenvalue weighted by Gasteiger charge is -2.21. The summed E-state index contributed by atoms with van der Waals surface area (Å²) in [7, 11) is 0. The molecule has 0 amide bonds. The molecule has 0 unspecified atom stereocenters. The molecule has 0 N–H and O–H groups in total. The maximum atomic E-state index is 11.4. The molecule has 0 atom stereocenters. The number of carbonyl (C=O) groups is 1. The van der Waals surface area contributed by atoms with Crippen LogP contribution in [0.2, 0.25) is 0 Å². The first kappa shape index (κ1) is 13.6. The van der Waals surface area contributed by atoms with E-state index in [0.717, 1.165) is 25.1 Å². The molecule has 3 rings (SSSR count). The zero-order chi connectivity index (χ0) is 13.9. The van der Waals surface area contributed by atoms with Crippen molar-refractivity contribution in [2.45, 2.75) is 32.6 Å². The number of carbonyl (C=O) groups excluding carboxylic acids is 1. The molecule has 20 heavy (non-hydrogen) atoms. The van der Waals surface area contributed by atoms with Gasteiger partial charge >= 0.3 is 0 Å². The van der Waals surface area contributed by atoms with E-state index in [-0.39, 0.29) is 5.78 Å². The molecule has 2 aliphatic heterocycles. The van der Waals surface area contributed by atoms with Crippen LogP contribution in [0, 0.1) is 0 Å². The molecule has 0 spiro atoms. The molecule has 1 fully saturated rings. The van der Waals surface area contributed by atoms with Crippen LogP contribution in [-0.2, 0) is 6.42 Å². The third-order valence-electron chi connectivity index (χ3n) is 4.58. The van der Waals surface area contributed by atoms with Crippen molar-refractivity contribution in [3.8, 4) is 0 Å². The molecule has 0 aromatic heterocycles. The highest BCUT2D eigenvalue weighted by molar-refractivity contribution is 5.94. The molecule has 0 bridgehead atoms. The Hall–Kier alpha value is -1.35. The summed E-state index contributed by atoms with van der Waals surface area (Å²) < 4.78 is 0. The van der Waals surface area contributed by atoms with Gasteiger partial charge in [-0.2, -0.15) is 0 Å². The van der Waals surface area contributed by atoms with Crippen LogP contribution in [0.5, 0.6) is 0 Å². The quantitative estimate of drug-likeness (QED) is 0.770. The van der Waals surface area contributed by atoms with Crippen LogP contribution in [0.1, 0.15) is 42.1 Å². The largest absolute Gasteiger partial charge is 0.371 e. The van der Waals surface area contributed by atoms with Crippen molar-refractivity contribution in [1.82, 2.24) is 4.90 Å². The second kappa shape index (κ2) is 5.96. The summed E-state index contributed by atoms with van der Waals surface area (Å²) in [5, 5.41) is 0. The Bertz CT molecular complexity index is 492. The van der Waals surface area contributed by atoms with Crippen molar-refractivity contribution in [3.05, 3.63) is 29.3 Å². The zero-order valence-corrected chi connectivity index (χ0v) is 12.4. The molecular weight excluding hydrogens is 248 g/mol.